The van der Waals surface area contributed by atoms with Crippen LogP contribution in [0, 0.1) is 5.41 Å². The van der Waals surface area contributed by atoms with Crippen LogP contribution in [-0.2, 0) is 23.8 Å². The number of rotatable bonds is 1. The summed E-state index contributed by atoms with van der Waals surface area (Å²) in [6, 6.07) is 0. The first-order valence-electron chi connectivity index (χ1n) is 6.20. The van der Waals surface area contributed by atoms with E-state index in [4.69, 9.17) is 14.2 Å². The lowest BCUT2D eigenvalue weighted by atomic mass is 9.68. The van der Waals surface area contributed by atoms with Crippen LogP contribution in [0.5, 0.6) is 0 Å². The molecule has 1 spiro atoms. The number of carbonyl (C=O) groups is 2. The number of fused-ring (bicyclic) bond motifs is 1. The molecule has 1 heterocycles. The average Bonchev–Trinajstić information content (AvgIpc) is 2.93. The zero-order valence-electron chi connectivity index (χ0n) is 10.4. The molecule has 0 aromatic rings. The molecular formula is C13H16O5. The minimum atomic E-state index is -0.853. The number of allylic oxidation sites excluding steroid dienone is 1. The van der Waals surface area contributed by atoms with Gasteiger partial charge in [0.1, 0.15) is 5.41 Å². The Labute approximate surface area is 105 Å². The van der Waals surface area contributed by atoms with Gasteiger partial charge < -0.3 is 14.2 Å². The highest BCUT2D eigenvalue weighted by Crippen LogP contribution is 2.53. The van der Waals surface area contributed by atoms with E-state index in [-0.39, 0.29) is 18.2 Å². The Hall–Kier alpha value is -1.20. The number of esters is 1. The lowest BCUT2D eigenvalue weighted by Crippen LogP contribution is -2.47. The van der Waals surface area contributed by atoms with Crippen LogP contribution in [0.15, 0.2) is 11.6 Å². The Morgan fingerprint density at radius 1 is 1.39 bits per heavy atom. The Morgan fingerprint density at radius 2 is 2.11 bits per heavy atom. The summed E-state index contributed by atoms with van der Waals surface area (Å²) in [6.45, 7) is 1.09. The third-order valence-electron chi connectivity index (χ3n) is 4.16. The molecule has 5 heteroatoms. The molecule has 0 N–H and O–H groups in total. The summed E-state index contributed by atoms with van der Waals surface area (Å²) < 4.78 is 16.3. The summed E-state index contributed by atoms with van der Waals surface area (Å²) in [6.07, 6.45) is 3.53. The maximum Gasteiger partial charge on any atom is 0.316 e. The standard InChI is InChI=1S/C13H16O5/c1-16-11(15)12-7-10(14)6-9(12)2-3-13(8-12)17-4-5-18-13/h6H,2-5,7-8H2,1H3. The fourth-order valence-electron chi connectivity index (χ4n) is 3.37. The molecule has 1 saturated carbocycles. The summed E-state index contributed by atoms with van der Waals surface area (Å²) in [5.74, 6) is -1.06. The van der Waals surface area contributed by atoms with Crippen molar-refractivity contribution in [1.82, 2.24) is 0 Å². The Kier molecular flexibility index (Phi) is 2.57. The van der Waals surface area contributed by atoms with Crippen LogP contribution in [0.2, 0.25) is 0 Å². The van der Waals surface area contributed by atoms with Gasteiger partial charge in [-0.05, 0) is 18.1 Å². The van der Waals surface area contributed by atoms with E-state index in [9.17, 15) is 9.59 Å². The van der Waals surface area contributed by atoms with E-state index in [0.29, 0.717) is 32.5 Å². The van der Waals surface area contributed by atoms with Crippen molar-refractivity contribution in [3.05, 3.63) is 11.6 Å². The molecule has 3 rings (SSSR count). The maximum absolute atomic E-state index is 12.1. The Morgan fingerprint density at radius 3 is 2.78 bits per heavy atom. The Bertz CT molecular complexity index is 433. The number of hydrogen-bond donors (Lipinski definition) is 0. The van der Waals surface area contributed by atoms with Crippen molar-refractivity contribution >= 4 is 11.8 Å². The van der Waals surface area contributed by atoms with Crippen LogP contribution in [0.4, 0.5) is 0 Å². The van der Waals surface area contributed by atoms with Gasteiger partial charge in [-0.2, -0.15) is 0 Å². The molecule has 5 nitrogen and oxygen atoms in total. The lowest BCUT2D eigenvalue weighted by molar-refractivity contribution is -0.200. The lowest BCUT2D eigenvalue weighted by Gasteiger charge is -2.42. The van der Waals surface area contributed by atoms with Crippen molar-refractivity contribution < 1.29 is 23.8 Å². The second-order valence-corrected chi connectivity index (χ2v) is 5.17. The molecule has 0 bridgehead atoms. The summed E-state index contributed by atoms with van der Waals surface area (Å²) in [7, 11) is 1.36. The second kappa shape index (κ2) is 3.90. The van der Waals surface area contributed by atoms with E-state index in [0.717, 1.165) is 5.57 Å². The van der Waals surface area contributed by atoms with Gasteiger partial charge in [0, 0.05) is 19.3 Å². The number of hydrogen-bond acceptors (Lipinski definition) is 5. The number of carbonyl (C=O) groups excluding carboxylic acids is 2. The molecular weight excluding hydrogens is 236 g/mol. The number of ether oxygens (including phenoxy) is 3. The van der Waals surface area contributed by atoms with Gasteiger partial charge in [-0.25, -0.2) is 0 Å². The van der Waals surface area contributed by atoms with Gasteiger partial charge in [-0.15, -0.1) is 0 Å². The Balaban J connectivity index is 1.97. The SMILES string of the molecule is COC(=O)C12CC(=O)C=C1CCC1(C2)OCCO1. The van der Waals surface area contributed by atoms with Gasteiger partial charge in [-0.3, -0.25) is 9.59 Å². The predicted octanol–water partition coefficient (Wildman–Crippen LogP) is 0.972. The predicted molar refractivity (Wildman–Crippen MR) is 60.6 cm³/mol. The molecule has 3 aliphatic rings. The van der Waals surface area contributed by atoms with E-state index in [1.807, 2.05) is 0 Å². The maximum atomic E-state index is 12.1. The fourth-order valence-corrected chi connectivity index (χ4v) is 3.37. The van der Waals surface area contributed by atoms with Crippen LogP contribution >= 0.6 is 0 Å². The third-order valence-corrected chi connectivity index (χ3v) is 4.16. The van der Waals surface area contributed by atoms with Crippen LogP contribution in [0.25, 0.3) is 0 Å². The fraction of sp³-hybridized carbons (Fsp3) is 0.692. The average molecular weight is 252 g/mol. The molecule has 2 aliphatic carbocycles. The van der Waals surface area contributed by atoms with Gasteiger partial charge in [0.25, 0.3) is 0 Å². The molecule has 0 aromatic heterocycles. The second-order valence-electron chi connectivity index (χ2n) is 5.17. The van der Waals surface area contributed by atoms with Gasteiger partial charge in [-0.1, -0.05) is 0 Å². The topological polar surface area (TPSA) is 61.8 Å². The van der Waals surface area contributed by atoms with Crippen LogP contribution in [0.1, 0.15) is 25.7 Å². The first kappa shape index (κ1) is 11.9. The van der Waals surface area contributed by atoms with E-state index in [1.165, 1.54) is 7.11 Å². The normalized spacial score (nSPS) is 33.4. The van der Waals surface area contributed by atoms with Gasteiger partial charge in [0.15, 0.2) is 11.6 Å². The van der Waals surface area contributed by atoms with Crippen LogP contribution in [0.3, 0.4) is 0 Å². The van der Waals surface area contributed by atoms with Crippen LogP contribution in [-0.4, -0.2) is 37.9 Å². The van der Waals surface area contributed by atoms with E-state index in [2.05, 4.69) is 0 Å². The number of ketones is 1. The van der Waals surface area contributed by atoms with Gasteiger partial charge >= 0.3 is 5.97 Å². The molecule has 0 radical (unpaired) electrons. The first-order valence-corrected chi connectivity index (χ1v) is 6.20. The van der Waals surface area contributed by atoms with Crippen molar-refractivity contribution in [3.8, 4) is 0 Å². The highest BCUT2D eigenvalue weighted by atomic mass is 16.7. The molecule has 1 saturated heterocycles. The van der Waals surface area contributed by atoms with Crippen molar-refractivity contribution in [3.63, 3.8) is 0 Å². The molecule has 0 amide bonds. The molecule has 1 atom stereocenters. The van der Waals surface area contributed by atoms with Crippen molar-refractivity contribution in [2.75, 3.05) is 20.3 Å². The van der Waals surface area contributed by atoms with E-state index < -0.39 is 11.2 Å². The van der Waals surface area contributed by atoms with Crippen molar-refractivity contribution in [2.45, 2.75) is 31.5 Å². The monoisotopic (exact) mass is 252 g/mol. The minimum absolute atomic E-state index is 0.00885. The van der Waals surface area contributed by atoms with Crippen molar-refractivity contribution in [1.29, 1.82) is 0 Å². The molecule has 98 valence electrons. The van der Waals surface area contributed by atoms with Gasteiger partial charge in [0.2, 0.25) is 0 Å². The molecule has 0 aromatic carbocycles. The largest absolute Gasteiger partial charge is 0.468 e. The van der Waals surface area contributed by atoms with Gasteiger partial charge in [0.05, 0.1) is 20.3 Å². The summed E-state index contributed by atoms with van der Waals surface area (Å²) in [5.41, 5.74) is 0.0260. The zero-order valence-corrected chi connectivity index (χ0v) is 10.4. The summed E-state index contributed by atoms with van der Waals surface area (Å²) >= 11 is 0. The highest BCUT2D eigenvalue weighted by molar-refractivity contribution is 6.01. The zero-order chi connectivity index (χ0) is 12.8. The molecule has 2 fully saturated rings. The molecule has 1 unspecified atom stereocenters. The number of methoxy groups -OCH3 is 1. The first-order chi connectivity index (χ1) is 8.60. The molecule has 18 heavy (non-hydrogen) atoms. The summed E-state index contributed by atoms with van der Waals surface area (Å²) in [4.78, 5) is 23.8. The van der Waals surface area contributed by atoms with E-state index in [1.54, 1.807) is 6.08 Å². The minimum Gasteiger partial charge on any atom is -0.468 e. The highest BCUT2D eigenvalue weighted by Gasteiger charge is 2.58. The third kappa shape index (κ3) is 1.54. The van der Waals surface area contributed by atoms with Crippen LogP contribution < -0.4 is 0 Å². The quantitative estimate of drug-likeness (QED) is 0.651. The van der Waals surface area contributed by atoms with E-state index >= 15 is 0 Å². The van der Waals surface area contributed by atoms with Crippen molar-refractivity contribution in [2.24, 2.45) is 5.41 Å². The molecule has 1 aliphatic heterocycles. The smallest absolute Gasteiger partial charge is 0.316 e. The summed E-state index contributed by atoms with van der Waals surface area (Å²) in [5, 5.41) is 0.